The van der Waals surface area contributed by atoms with Crippen molar-refractivity contribution < 1.29 is 8.78 Å². The maximum Gasteiger partial charge on any atom is 0.266 e. The first-order chi connectivity index (χ1) is 11.0. The number of H-pyrrole nitrogens is 1. The van der Waals surface area contributed by atoms with E-state index in [1.807, 2.05) is 4.90 Å². The maximum absolute atomic E-state index is 12.7. The average Bonchev–Trinajstić information content (AvgIpc) is 2.55. The minimum Gasteiger partial charge on any atom is -0.367 e. The number of alkyl halides is 2. The molecule has 5 nitrogen and oxygen atoms in total. The summed E-state index contributed by atoms with van der Waals surface area (Å²) in [5.41, 5.74) is 0.566. The molecule has 2 aromatic heterocycles. The van der Waals surface area contributed by atoms with Crippen molar-refractivity contribution in [2.75, 3.05) is 36.0 Å². The summed E-state index contributed by atoms with van der Waals surface area (Å²) in [4.78, 5) is 22.0. The van der Waals surface area contributed by atoms with Crippen molar-refractivity contribution >= 4 is 23.1 Å². The van der Waals surface area contributed by atoms with E-state index in [4.69, 9.17) is 11.6 Å². The molecule has 8 heteroatoms. The topological polar surface area (TPSA) is 52.2 Å². The van der Waals surface area contributed by atoms with Crippen LogP contribution in [0.15, 0.2) is 35.4 Å². The second kappa shape index (κ2) is 6.54. The second-order valence-electron chi connectivity index (χ2n) is 5.25. The zero-order valence-electron chi connectivity index (χ0n) is 12.2. The Balaban J connectivity index is 1.68. The van der Waals surface area contributed by atoms with Crippen molar-refractivity contribution in [2.45, 2.75) is 6.43 Å². The van der Waals surface area contributed by atoms with Gasteiger partial charge in [-0.3, -0.25) is 4.79 Å². The standard InChI is InChI=1S/C15H15ClF2N4O/c16-12-7-13(19-9-11(12)15(17)18)22-5-3-21(4-6-22)10-1-2-14(23)20-8-10/h1-2,7-9,15H,3-6H2,(H,20,23). The van der Waals surface area contributed by atoms with Crippen LogP contribution in [0.25, 0.3) is 0 Å². The van der Waals surface area contributed by atoms with Gasteiger partial charge in [-0.15, -0.1) is 0 Å². The third-order valence-corrected chi connectivity index (χ3v) is 4.17. The van der Waals surface area contributed by atoms with E-state index in [9.17, 15) is 13.6 Å². The van der Waals surface area contributed by atoms with Crippen LogP contribution >= 0.6 is 11.6 Å². The molecule has 3 heterocycles. The van der Waals surface area contributed by atoms with E-state index in [-0.39, 0.29) is 16.1 Å². The molecular weight excluding hydrogens is 326 g/mol. The molecule has 0 aromatic carbocycles. The third kappa shape index (κ3) is 3.44. The number of halogens is 3. The number of aromatic amines is 1. The van der Waals surface area contributed by atoms with Crippen LogP contribution in [0.3, 0.4) is 0 Å². The van der Waals surface area contributed by atoms with Gasteiger partial charge in [-0.05, 0) is 12.1 Å². The molecule has 1 N–H and O–H groups in total. The molecule has 0 saturated carbocycles. The predicted molar refractivity (Wildman–Crippen MR) is 85.7 cm³/mol. The van der Waals surface area contributed by atoms with Gasteiger partial charge in [0.25, 0.3) is 6.43 Å². The lowest BCUT2D eigenvalue weighted by molar-refractivity contribution is 0.151. The second-order valence-corrected chi connectivity index (χ2v) is 5.66. The molecule has 1 fully saturated rings. The normalized spacial score (nSPS) is 15.3. The van der Waals surface area contributed by atoms with Gasteiger partial charge < -0.3 is 14.8 Å². The Morgan fingerprint density at radius 2 is 1.87 bits per heavy atom. The Morgan fingerprint density at radius 3 is 2.43 bits per heavy atom. The number of hydrogen-bond donors (Lipinski definition) is 1. The van der Waals surface area contributed by atoms with Crippen molar-refractivity contribution in [1.29, 1.82) is 0 Å². The van der Waals surface area contributed by atoms with Gasteiger partial charge in [0.15, 0.2) is 0 Å². The van der Waals surface area contributed by atoms with Gasteiger partial charge in [-0.1, -0.05) is 11.6 Å². The fourth-order valence-electron chi connectivity index (χ4n) is 2.56. The molecule has 122 valence electrons. The van der Waals surface area contributed by atoms with E-state index in [0.717, 1.165) is 25.0 Å². The molecule has 3 rings (SSSR count). The summed E-state index contributed by atoms with van der Waals surface area (Å²) in [5, 5.41) is 0.0352. The van der Waals surface area contributed by atoms with Crippen molar-refractivity contribution in [2.24, 2.45) is 0 Å². The largest absolute Gasteiger partial charge is 0.367 e. The van der Waals surface area contributed by atoms with E-state index >= 15 is 0 Å². The van der Waals surface area contributed by atoms with E-state index < -0.39 is 6.43 Å². The molecule has 1 saturated heterocycles. The summed E-state index contributed by atoms with van der Waals surface area (Å²) < 4.78 is 25.4. The predicted octanol–water partition coefficient (Wildman–Crippen LogP) is 2.69. The van der Waals surface area contributed by atoms with Crippen molar-refractivity contribution in [3.05, 3.63) is 51.5 Å². The number of pyridine rings is 2. The van der Waals surface area contributed by atoms with E-state index in [0.29, 0.717) is 18.9 Å². The minimum atomic E-state index is -2.62. The lowest BCUT2D eigenvalue weighted by Crippen LogP contribution is -2.47. The number of rotatable bonds is 3. The summed E-state index contributed by atoms with van der Waals surface area (Å²) in [7, 11) is 0. The van der Waals surface area contributed by atoms with Crippen LogP contribution in [0.1, 0.15) is 12.0 Å². The first kappa shape index (κ1) is 15.7. The average molecular weight is 341 g/mol. The van der Waals surface area contributed by atoms with Crippen LogP contribution in [-0.2, 0) is 0 Å². The van der Waals surface area contributed by atoms with Gasteiger partial charge in [0, 0.05) is 44.6 Å². The Labute approximate surface area is 136 Å². The molecule has 1 aliphatic heterocycles. The summed E-state index contributed by atoms with van der Waals surface area (Å²) in [6.45, 7) is 2.86. The SMILES string of the molecule is O=c1ccc(N2CCN(c3cc(Cl)c(C(F)F)cn3)CC2)c[nH]1. The number of nitrogens with zero attached hydrogens (tertiary/aromatic N) is 3. The van der Waals surface area contributed by atoms with Crippen molar-refractivity contribution in [3.8, 4) is 0 Å². The fraction of sp³-hybridized carbons (Fsp3) is 0.333. The first-order valence-electron chi connectivity index (χ1n) is 7.17. The van der Waals surface area contributed by atoms with E-state index in [1.165, 1.54) is 12.1 Å². The number of nitrogens with one attached hydrogen (secondary N) is 1. The zero-order chi connectivity index (χ0) is 16.4. The first-order valence-corrected chi connectivity index (χ1v) is 7.54. The van der Waals surface area contributed by atoms with Crippen LogP contribution in [0, 0.1) is 0 Å². The Hall–Kier alpha value is -2.15. The number of piperazine rings is 1. The quantitative estimate of drug-likeness (QED) is 0.933. The summed E-state index contributed by atoms with van der Waals surface area (Å²) in [6, 6.07) is 4.76. The molecule has 0 amide bonds. The number of hydrogen-bond acceptors (Lipinski definition) is 4. The molecule has 0 spiro atoms. The highest BCUT2D eigenvalue weighted by molar-refractivity contribution is 6.31. The van der Waals surface area contributed by atoms with Gasteiger partial charge in [0.1, 0.15) is 5.82 Å². The molecule has 2 aromatic rings. The summed E-state index contributed by atoms with van der Waals surface area (Å²) in [5.74, 6) is 0.598. The summed E-state index contributed by atoms with van der Waals surface area (Å²) in [6.07, 6.45) is 0.197. The smallest absolute Gasteiger partial charge is 0.266 e. The third-order valence-electron chi connectivity index (χ3n) is 3.84. The molecule has 0 aliphatic carbocycles. The van der Waals surface area contributed by atoms with Gasteiger partial charge in [-0.2, -0.15) is 0 Å². The monoisotopic (exact) mass is 340 g/mol. The fourth-order valence-corrected chi connectivity index (χ4v) is 2.79. The maximum atomic E-state index is 12.7. The molecule has 23 heavy (non-hydrogen) atoms. The van der Waals surface area contributed by atoms with Gasteiger partial charge in [-0.25, -0.2) is 13.8 Å². The summed E-state index contributed by atoms with van der Waals surface area (Å²) >= 11 is 5.89. The molecule has 0 atom stereocenters. The Morgan fingerprint density at radius 1 is 1.17 bits per heavy atom. The highest BCUT2D eigenvalue weighted by Gasteiger charge is 2.20. The van der Waals surface area contributed by atoms with Crippen LogP contribution in [0.4, 0.5) is 20.3 Å². The van der Waals surface area contributed by atoms with Gasteiger partial charge in [0.05, 0.1) is 16.3 Å². The van der Waals surface area contributed by atoms with E-state index in [1.54, 1.807) is 12.3 Å². The van der Waals surface area contributed by atoms with Crippen molar-refractivity contribution in [1.82, 2.24) is 9.97 Å². The minimum absolute atomic E-state index is 0.0352. The Kier molecular flexibility index (Phi) is 4.47. The van der Waals surface area contributed by atoms with Crippen LogP contribution in [0.5, 0.6) is 0 Å². The van der Waals surface area contributed by atoms with Crippen LogP contribution < -0.4 is 15.4 Å². The number of anilines is 2. The van der Waals surface area contributed by atoms with Crippen LogP contribution in [0.2, 0.25) is 5.02 Å². The van der Waals surface area contributed by atoms with Crippen LogP contribution in [-0.4, -0.2) is 36.1 Å². The number of aromatic nitrogens is 2. The molecule has 1 aliphatic rings. The van der Waals surface area contributed by atoms with Crippen molar-refractivity contribution in [3.63, 3.8) is 0 Å². The van der Waals surface area contributed by atoms with Gasteiger partial charge >= 0.3 is 0 Å². The Bertz CT molecular complexity index is 724. The molecule has 0 unspecified atom stereocenters. The highest BCUT2D eigenvalue weighted by atomic mass is 35.5. The molecular formula is C15H15ClF2N4O. The molecule has 0 bridgehead atoms. The molecule has 0 radical (unpaired) electrons. The zero-order valence-corrected chi connectivity index (χ0v) is 12.9. The lowest BCUT2D eigenvalue weighted by Gasteiger charge is -2.36. The highest BCUT2D eigenvalue weighted by Crippen LogP contribution is 2.29. The van der Waals surface area contributed by atoms with E-state index in [2.05, 4.69) is 14.9 Å². The van der Waals surface area contributed by atoms with Gasteiger partial charge in [0.2, 0.25) is 5.56 Å². The lowest BCUT2D eigenvalue weighted by atomic mass is 10.2.